The Labute approximate surface area is 132 Å². The Morgan fingerprint density at radius 2 is 2.24 bits per heavy atom. The van der Waals surface area contributed by atoms with E-state index in [4.69, 9.17) is 9.52 Å². The summed E-state index contributed by atoms with van der Waals surface area (Å²) in [5, 5.41) is 8.82. The summed E-state index contributed by atoms with van der Waals surface area (Å²) < 4.78 is 31.8. The van der Waals surface area contributed by atoms with Crippen LogP contribution >= 0.6 is 15.9 Å². The summed E-state index contributed by atoms with van der Waals surface area (Å²) in [6, 6.07) is 1.01. The molecule has 2 atom stereocenters. The van der Waals surface area contributed by atoms with Gasteiger partial charge in [-0.05, 0) is 40.6 Å². The molecule has 1 saturated carbocycles. The monoisotopic (exact) mass is 379 g/mol. The maximum Gasteiger partial charge on any atom is 0.371 e. The van der Waals surface area contributed by atoms with E-state index in [2.05, 4.69) is 27.6 Å². The van der Waals surface area contributed by atoms with Crippen LogP contribution in [0.3, 0.4) is 0 Å². The molecule has 2 N–H and O–H groups in total. The maximum atomic E-state index is 12.2. The van der Waals surface area contributed by atoms with Crippen molar-refractivity contribution in [2.45, 2.75) is 37.5 Å². The molecule has 0 amide bonds. The molecule has 6 nitrogen and oxygen atoms in total. The summed E-state index contributed by atoms with van der Waals surface area (Å²) in [6.07, 6.45) is 4.33. The molecule has 0 bridgehead atoms. The third kappa shape index (κ3) is 4.08. The molecule has 0 aliphatic heterocycles. The van der Waals surface area contributed by atoms with Gasteiger partial charge in [0.15, 0.2) is 4.67 Å². The van der Waals surface area contributed by atoms with Crippen LogP contribution in [-0.2, 0) is 10.0 Å². The molecule has 1 fully saturated rings. The highest BCUT2D eigenvalue weighted by molar-refractivity contribution is 9.10. The van der Waals surface area contributed by atoms with Gasteiger partial charge in [0.1, 0.15) is 4.90 Å². The van der Waals surface area contributed by atoms with Crippen molar-refractivity contribution < 1.29 is 22.7 Å². The number of aromatic carboxylic acids is 1. The SMILES string of the molecule is CC1CCCC(CNS(=O)(=O)c2cc(C(=O)O)oc2Br)C1. The topological polar surface area (TPSA) is 96.6 Å². The van der Waals surface area contributed by atoms with E-state index in [-0.39, 0.29) is 9.56 Å². The molecule has 2 unspecified atom stereocenters. The summed E-state index contributed by atoms with van der Waals surface area (Å²) in [5.41, 5.74) is 0. The lowest BCUT2D eigenvalue weighted by molar-refractivity contribution is 0.0661. The van der Waals surface area contributed by atoms with Crippen molar-refractivity contribution in [3.63, 3.8) is 0 Å². The van der Waals surface area contributed by atoms with Crippen molar-refractivity contribution in [2.24, 2.45) is 11.8 Å². The Balaban J connectivity index is 2.06. The number of furan rings is 1. The van der Waals surface area contributed by atoms with Gasteiger partial charge >= 0.3 is 5.97 Å². The molecule has 2 rings (SSSR count). The van der Waals surface area contributed by atoms with E-state index >= 15 is 0 Å². The number of carboxylic acid groups (broad SMARTS) is 1. The zero-order chi connectivity index (χ0) is 15.6. The van der Waals surface area contributed by atoms with Gasteiger partial charge in [-0.1, -0.05) is 19.8 Å². The first-order valence-electron chi connectivity index (χ1n) is 6.82. The minimum atomic E-state index is -3.77. The van der Waals surface area contributed by atoms with Crippen LogP contribution in [0.4, 0.5) is 0 Å². The van der Waals surface area contributed by atoms with Gasteiger partial charge in [-0.2, -0.15) is 0 Å². The van der Waals surface area contributed by atoms with Crippen LogP contribution in [0.25, 0.3) is 0 Å². The lowest BCUT2D eigenvalue weighted by Gasteiger charge is -2.26. The fourth-order valence-electron chi connectivity index (χ4n) is 2.69. The van der Waals surface area contributed by atoms with E-state index in [1.165, 1.54) is 6.42 Å². The van der Waals surface area contributed by atoms with Gasteiger partial charge < -0.3 is 9.52 Å². The number of carbonyl (C=O) groups is 1. The van der Waals surface area contributed by atoms with Crippen molar-refractivity contribution in [1.82, 2.24) is 4.72 Å². The molecule has 1 aromatic rings. The minimum absolute atomic E-state index is 0.0931. The summed E-state index contributed by atoms with van der Waals surface area (Å²) >= 11 is 2.95. The Hall–Kier alpha value is -0.860. The van der Waals surface area contributed by atoms with Gasteiger partial charge in [0.05, 0.1) is 0 Å². The lowest BCUT2D eigenvalue weighted by Crippen LogP contribution is -2.31. The average molecular weight is 380 g/mol. The Bertz CT molecular complexity index is 625. The molecule has 0 aromatic carbocycles. The third-order valence-electron chi connectivity index (χ3n) is 3.76. The van der Waals surface area contributed by atoms with Crippen molar-refractivity contribution in [3.8, 4) is 0 Å². The lowest BCUT2D eigenvalue weighted by atomic mass is 9.83. The second kappa shape index (κ2) is 6.50. The van der Waals surface area contributed by atoms with Gasteiger partial charge in [0.2, 0.25) is 15.8 Å². The Morgan fingerprint density at radius 1 is 1.52 bits per heavy atom. The first-order valence-corrected chi connectivity index (χ1v) is 9.09. The predicted molar refractivity (Wildman–Crippen MR) is 79.7 cm³/mol. The summed E-state index contributed by atoms with van der Waals surface area (Å²) in [6.45, 7) is 2.54. The molecular formula is C13H18BrNO5S. The van der Waals surface area contributed by atoms with E-state index in [1.807, 2.05) is 0 Å². The fourth-order valence-corrected chi connectivity index (χ4v) is 4.75. The minimum Gasteiger partial charge on any atom is -0.475 e. The molecule has 118 valence electrons. The number of nitrogens with one attached hydrogen (secondary N) is 1. The van der Waals surface area contributed by atoms with Crippen LogP contribution in [0.2, 0.25) is 0 Å². The number of halogens is 1. The zero-order valence-electron chi connectivity index (χ0n) is 11.6. The number of hydrogen-bond acceptors (Lipinski definition) is 4. The fraction of sp³-hybridized carbons (Fsp3) is 0.615. The molecule has 0 radical (unpaired) electrons. The second-order valence-electron chi connectivity index (χ2n) is 5.54. The Kier molecular flexibility index (Phi) is 5.11. The highest BCUT2D eigenvalue weighted by Gasteiger charge is 2.26. The molecule has 1 aliphatic carbocycles. The molecule has 8 heteroatoms. The summed E-state index contributed by atoms with van der Waals surface area (Å²) in [4.78, 5) is 10.6. The molecule has 21 heavy (non-hydrogen) atoms. The van der Waals surface area contributed by atoms with E-state index in [0.717, 1.165) is 25.3 Å². The maximum absolute atomic E-state index is 12.2. The van der Waals surface area contributed by atoms with Crippen LogP contribution in [-0.4, -0.2) is 26.0 Å². The van der Waals surface area contributed by atoms with Crippen LogP contribution in [0.15, 0.2) is 20.0 Å². The van der Waals surface area contributed by atoms with Crippen LogP contribution in [0.1, 0.15) is 43.2 Å². The number of carboxylic acids is 1. The van der Waals surface area contributed by atoms with E-state index in [1.54, 1.807) is 0 Å². The van der Waals surface area contributed by atoms with Crippen LogP contribution in [0, 0.1) is 11.8 Å². The number of sulfonamides is 1. The predicted octanol–water partition coefficient (Wildman–Crippen LogP) is 2.84. The summed E-state index contributed by atoms with van der Waals surface area (Å²) in [7, 11) is -3.77. The average Bonchev–Trinajstić information content (AvgIpc) is 2.80. The largest absolute Gasteiger partial charge is 0.475 e. The molecule has 0 spiro atoms. The van der Waals surface area contributed by atoms with Gasteiger partial charge in [0, 0.05) is 12.6 Å². The third-order valence-corrected chi connectivity index (χ3v) is 6.04. The molecule has 1 aliphatic rings. The highest BCUT2D eigenvalue weighted by Crippen LogP contribution is 2.29. The first kappa shape index (κ1) is 16.5. The smallest absolute Gasteiger partial charge is 0.371 e. The highest BCUT2D eigenvalue weighted by atomic mass is 79.9. The molecule has 1 aromatic heterocycles. The second-order valence-corrected chi connectivity index (χ2v) is 8.00. The van der Waals surface area contributed by atoms with Crippen LogP contribution < -0.4 is 4.72 Å². The first-order chi connectivity index (χ1) is 9.79. The van der Waals surface area contributed by atoms with Crippen molar-refractivity contribution in [3.05, 3.63) is 16.5 Å². The van der Waals surface area contributed by atoms with Gasteiger partial charge in [-0.15, -0.1) is 0 Å². The normalized spacial score (nSPS) is 23.1. The molecular weight excluding hydrogens is 362 g/mol. The van der Waals surface area contributed by atoms with E-state index in [9.17, 15) is 13.2 Å². The number of rotatable bonds is 5. The van der Waals surface area contributed by atoms with Gasteiger partial charge in [0.25, 0.3) is 0 Å². The van der Waals surface area contributed by atoms with Crippen molar-refractivity contribution in [1.29, 1.82) is 0 Å². The Morgan fingerprint density at radius 3 is 2.81 bits per heavy atom. The van der Waals surface area contributed by atoms with Crippen molar-refractivity contribution in [2.75, 3.05) is 6.54 Å². The van der Waals surface area contributed by atoms with Gasteiger partial charge in [-0.3, -0.25) is 0 Å². The standard InChI is InChI=1S/C13H18BrNO5S/c1-8-3-2-4-9(5-8)7-15-21(18,19)11-6-10(13(16)17)20-12(11)14/h6,8-9,15H,2-5,7H2,1H3,(H,16,17). The quantitative estimate of drug-likeness (QED) is 0.819. The van der Waals surface area contributed by atoms with E-state index in [0.29, 0.717) is 18.4 Å². The zero-order valence-corrected chi connectivity index (χ0v) is 14.0. The van der Waals surface area contributed by atoms with Crippen LogP contribution in [0.5, 0.6) is 0 Å². The molecule has 0 saturated heterocycles. The van der Waals surface area contributed by atoms with E-state index < -0.39 is 21.8 Å². The number of hydrogen-bond donors (Lipinski definition) is 2. The molecule has 1 heterocycles. The summed E-state index contributed by atoms with van der Waals surface area (Å²) in [5.74, 6) is -0.771. The van der Waals surface area contributed by atoms with Gasteiger partial charge in [-0.25, -0.2) is 17.9 Å². The van der Waals surface area contributed by atoms with Crippen molar-refractivity contribution >= 4 is 31.9 Å².